The highest BCUT2D eigenvalue weighted by Gasteiger charge is 2.28. The van der Waals surface area contributed by atoms with Gasteiger partial charge in [-0.1, -0.05) is 9.39 Å². The fraction of sp³-hybridized carbons (Fsp3) is 0.455. The van der Waals surface area contributed by atoms with Crippen LogP contribution in [0.25, 0.3) is 0 Å². The lowest BCUT2D eigenvalue weighted by Crippen LogP contribution is -2.41. The summed E-state index contributed by atoms with van der Waals surface area (Å²) in [6.07, 6.45) is 2.99. The van der Waals surface area contributed by atoms with E-state index in [1.807, 2.05) is 4.67 Å². The maximum atomic E-state index is 13.3. The van der Waals surface area contributed by atoms with Gasteiger partial charge in [0, 0.05) is 13.1 Å². The molecule has 2 aromatic rings. The van der Waals surface area contributed by atoms with Crippen LogP contribution in [0.15, 0.2) is 36.4 Å². The van der Waals surface area contributed by atoms with Crippen molar-refractivity contribution in [3.63, 3.8) is 0 Å². The molecule has 0 amide bonds. The maximum Gasteiger partial charge on any atom is 0.126 e. The summed E-state index contributed by atoms with van der Waals surface area (Å²) in [4.78, 5) is 0. The van der Waals surface area contributed by atoms with Crippen molar-refractivity contribution in [3.8, 4) is 11.5 Å². The lowest BCUT2D eigenvalue weighted by atomic mass is 9.98. The molecular formula is C22H26F2NO3P. The van der Waals surface area contributed by atoms with E-state index in [1.54, 1.807) is 18.2 Å². The van der Waals surface area contributed by atoms with Gasteiger partial charge in [0.2, 0.25) is 0 Å². The average Bonchev–Trinajstić information content (AvgIpc) is 2.71. The summed E-state index contributed by atoms with van der Waals surface area (Å²) in [5.41, 5.74) is 1.78. The van der Waals surface area contributed by atoms with Crippen LogP contribution in [0.4, 0.5) is 8.78 Å². The van der Waals surface area contributed by atoms with Gasteiger partial charge >= 0.3 is 0 Å². The standard InChI is InChI=1S/C22H26F2NO3P/c23-16-3-7-20-14(11-16)1-5-18(27-20)9-10-25(29)13-19(26)22-6-2-15-12-17(24)4-8-21(15)28-22/h3-4,7-8,11-12,18-19,22,26H,1-2,5-6,9-10,13,29H2. The Labute approximate surface area is 172 Å². The van der Waals surface area contributed by atoms with Gasteiger partial charge in [-0.25, -0.2) is 8.78 Å². The second kappa shape index (κ2) is 8.95. The third-order valence-electron chi connectivity index (χ3n) is 5.64. The zero-order valence-electron chi connectivity index (χ0n) is 16.2. The monoisotopic (exact) mass is 421 g/mol. The molecule has 2 aromatic carbocycles. The van der Waals surface area contributed by atoms with Crippen LogP contribution in [0.2, 0.25) is 0 Å². The molecular weight excluding hydrogens is 395 g/mol. The fourth-order valence-electron chi connectivity index (χ4n) is 4.02. The zero-order valence-corrected chi connectivity index (χ0v) is 17.3. The molecule has 29 heavy (non-hydrogen) atoms. The Morgan fingerprint density at radius 1 is 1.00 bits per heavy atom. The van der Waals surface area contributed by atoms with E-state index in [0.29, 0.717) is 25.1 Å². The third-order valence-corrected chi connectivity index (χ3v) is 6.11. The van der Waals surface area contributed by atoms with Gasteiger partial charge in [0.05, 0.1) is 0 Å². The molecule has 156 valence electrons. The number of aliphatic hydroxyl groups is 1. The lowest BCUT2D eigenvalue weighted by molar-refractivity contribution is 0.0138. The molecule has 0 saturated carbocycles. The molecule has 2 heterocycles. The van der Waals surface area contributed by atoms with Crippen molar-refractivity contribution in [2.45, 2.75) is 50.4 Å². The molecule has 0 bridgehead atoms. The van der Waals surface area contributed by atoms with E-state index in [2.05, 4.69) is 9.39 Å². The van der Waals surface area contributed by atoms with E-state index in [1.165, 1.54) is 18.2 Å². The average molecular weight is 421 g/mol. The summed E-state index contributed by atoms with van der Waals surface area (Å²) in [6, 6.07) is 9.18. The molecule has 0 aliphatic carbocycles. The van der Waals surface area contributed by atoms with Crippen molar-refractivity contribution in [3.05, 3.63) is 59.2 Å². The van der Waals surface area contributed by atoms with Crippen molar-refractivity contribution in [1.29, 1.82) is 0 Å². The van der Waals surface area contributed by atoms with Crippen molar-refractivity contribution in [2.75, 3.05) is 13.1 Å². The van der Waals surface area contributed by atoms with Crippen LogP contribution >= 0.6 is 9.39 Å². The van der Waals surface area contributed by atoms with Crippen LogP contribution in [-0.4, -0.2) is 41.2 Å². The predicted octanol–water partition coefficient (Wildman–Crippen LogP) is 3.90. The molecule has 0 radical (unpaired) electrons. The van der Waals surface area contributed by atoms with E-state index in [0.717, 1.165) is 42.7 Å². The van der Waals surface area contributed by atoms with E-state index in [-0.39, 0.29) is 23.8 Å². The Morgan fingerprint density at radius 3 is 2.31 bits per heavy atom. The van der Waals surface area contributed by atoms with Crippen LogP contribution < -0.4 is 9.47 Å². The first-order valence-corrected chi connectivity index (χ1v) is 10.6. The summed E-state index contributed by atoms with van der Waals surface area (Å²) >= 11 is 0. The first-order valence-electron chi connectivity index (χ1n) is 10.1. The number of aryl methyl sites for hydroxylation is 2. The summed E-state index contributed by atoms with van der Waals surface area (Å²) in [5, 5.41) is 10.6. The summed E-state index contributed by atoms with van der Waals surface area (Å²) in [7, 11) is 2.66. The summed E-state index contributed by atoms with van der Waals surface area (Å²) in [5.74, 6) is 0.931. The lowest BCUT2D eigenvalue weighted by Gasteiger charge is -2.32. The van der Waals surface area contributed by atoms with Gasteiger partial charge in [0.15, 0.2) is 0 Å². The number of hydrogen-bond donors (Lipinski definition) is 1. The van der Waals surface area contributed by atoms with Gasteiger partial charge in [0.1, 0.15) is 41.4 Å². The maximum absolute atomic E-state index is 13.3. The molecule has 1 N–H and O–H groups in total. The van der Waals surface area contributed by atoms with Gasteiger partial charge < -0.3 is 14.6 Å². The number of ether oxygens (including phenoxy) is 2. The van der Waals surface area contributed by atoms with Crippen molar-refractivity contribution < 1.29 is 23.4 Å². The topological polar surface area (TPSA) is 41.9 Å². The molecule has 0 spiro atoms. The molecule has 2 aliphatic rings. The van der Waals surface area contributed by atoms with E-state index in [9.17, 15) is 13.9 Å². The van der Waals surface area contributed by atoms with Crippen molar-refractivity contribution in [1.82, 2.24) is 4.67 Å². The second-order valence-electron chi connectivity index (χ2n) is 7.83. The predicted molar refractivity (Wildman–Crippen MR) is 110 cm³/mol. The van der Waals surface area contributed by atoms with Gasteiger partial charge in [-0.2, -0.15) is 0 Å². The Kier molecular flexibility index (Phi) is 6.33. The van der Waals surface area contributed by atoms with E-state index in [4.69, 9.17) is 9.47 Å². The molecule has 0 fully saturated rings. The number of halogens is 2. The smallest absolute Gasteiger partial charge is 0.126 e. The molecule has 7 heteroatoms. The molecule has 4 atom stereocenters. The minimum Gasteiger partial charge on any atom is -0.490 e. The summed E-state index contributed by atoms with van der Waals surface area (Å²) in [6.45, 7) is 1.21. The Bertz CT molecular complexity index is 866. The minimum absolute atomic E-state index is 0.0841. The number of fused-ring (bicyclic) bond motifs is 2. The zero-order chi connectivity index (χ0) is 20.4. The van der Waals surface area contributed by atoms with Crippen LogP contribution in [0, 0.1) is 11.6 Å². The van der Waals surface area contributed by atoms with Gasteiger partial charge in [0.25, 0.3) is 0 Å². The van der Waals surface area contributed by atoms with Crippen LogP contribution in [0.1, 0.15) is 30.4 Å². The van der Waals surface area contributed by atoms with Gasteiger partial charge in [-0.3, -0.25) is 4.67 Å². The second-order valence-corrected chi connectivity index (χ2v) is 8.56. The number of nitrogens with zero attached hydrogens (tertiary/aromatic N) is 1. The molecule has 4 unspecified atom stereocenters. The van der Waals surface area contributed by atoms with Crippen LogP contribution in [0.3, 0.4) is 0 Å². The third kappa shape index (κ3) is 5.06. The van der Waals surface area contributed by atoms with E-state index < -0.39 is 6.10 Å². The van der Waals surface area contributed by atoms with Crippen LogP contribution in [-0.2, 0) is 12.8 Å². The number of hydrogen-bond acceptors (Lipinski definition) is 4. The molecule has 2 aliphatic heterocycles. The van der Waals surface area contributed by atoms with E-state index >= 15 is 0 Å². The highest BCUT2D eigenvalue weighted by molar-refractivity contribution is 7.13. The largest absolute Gasteiger partial charge is 0.490 e. The van der Waals surface area contributed by atoms with Gasteiger partial charge in [-0.15, -0.1) is 0 Å². The Balaban J connectivity index is 1.24. The first-order chi connectivity index (χ1) is 14.0. The summed E-state index contributed by atoms with van der Waals surface area (Å²) < 4.78 is 40.5. The van der Waals surface area contributed by atoms with Crippen LogP contribution in [0.5, 0.6) is 11.5 Å². The normalized spacial score (nSPS) is 21.7. The quantitative estimate of drug-likeness (QED) is 0.719. The molecule has 4 nitrogen and oxygen atoms in total. The molecule has 0 aromatic heterocycles. The number of benzene rings is 2. The van der Waals surface area contributed by atoms with Gasteiger partial charge in [-0.05, 0) is 79.6 Å². The SMILES string of the molecule is OC(CN(P)CCC1CCc2cc(F)ccc2O1)C1CCc2cc(F)ccc2O1. The molecule has 0 saturated heterocycles. The Hall–Kier alpha value is -1.75. The minimum atomic E-state index is -0.637. The number of rotatable bonds is 6. The Morgan fingerprint density at radius 2 is 1.62 bits per heavy atom. The fourth-order valence-corrected chi connectivity index (χ4v) is 4.39. The highest BCUT2D eigenvalue weighted by Crippen LogP contribution is 2.31. The van der Waals surface area contributed by atoms with Crippen molar-refractivity contribution in [2.24, 2.45) is 0 Å². The van der Waals surface area contributed by atoms with Crippen molar-refractivity contribution >= 4 is 9.39 Å². The first kappa shape index (κ1) is 20.5. The highest BCUT2D eigenvalue weighted by atomic mass is 31.0. The number of aliphatic hydroxyl groups excluding tert-OH is 1. The molecule has 4 rings (SSSR count).